The molecule has 1 aliphatic rings. The fraction of sp³-hybridized carbons (Fsp3) is 0.312. The van der Waals surface area contributed by atoms with E-state index in [1.165, 1.54) is 4.90 Å². The molecule has 0 radical (unpaired) electrons. The first kappa shape index (κ1) is 14.2. The van der Waals surface area contributed by atoms with Crippen LogP contribution in [-0.4, -0.2) is 25.5 Å². The number of carbonyl (C=O) groups excluding carboxylic acids is 1. The first-order valence-corrected chi connectivity index (χ1v) is 8.04. The van der Waals surface area contributed by atoms with Crippen molar-refractivity contribution in [3.8, 4) is 0 Å². The minimum absolute atomic E-state index is 0.115. The minimum Gasteiger partial charge on any atom is -0.459 e. The fourth-order valence-electron chi connectivity index (χ4n) is 2.14. The van der Waals surface area contributed by atoms with Gasteiger partial charge in [0.2, 0.25) is 0 Å². The van der Waals surface area contributed by atoms with E-state index in [1.54, 1.807) is 18.0 Å². The normalized spacial score (nSPS) is 14.7. The SMILES string of the molecule is O=C(NCC1CNC1)c1occc1CSc1ccccc1. The van der Waals surface area contributed by atoms with E-state index in [1.807, 2.05) is 24.3 Å². The Morgan fingerprint density at radius 1 is 1.29 bits per heavy atom. The molecule has 0 aliphatic carbocycles. The van der Waals surface area contributed by atoms with Gasteiger partial charge in [0.25, 0.3) is 5.91 Å². The Balaban J connectivity index is 1.56. The summed E-state index contributed by atoms with van der Waals surface area (Å²) >= 11 is 1.70. The Morgan fingerprint density at radius 3 is 2.81 bits per heavy atom. The van der Waals surface area contributed by atoms with E-state index < -0.39 is 0 Å². The van der Waals surface area contributed by atoms with Crippen molar-refractivity contribution in [2.75, 3.05) is 19.6 Å². The van der Waals surface area contributed by atoms with Crippen LogP contribution in [0.3, 0.4) is 0 Å². The molecule has 1 aromatic carbocycles. The van der Waals surface area contributed by atoms with Gasteiger partial charge in [0, 0.05) is 41.8 Å². The van der Waals surface area contributed by atoms with Gasteiger partial charge in [0.1, 0.15) is 0 Å². The van der Waals surface area contributed by atoms with Crippen LogP contribution in [0.15, 0.2) is 52.0 Å². The summed E-state index contributed by atoms with van der Waals surface area (Å²) in [6.07, 6.45) is 1.58. The van der Waals surface area contributed by atoms with Crippen LogP contribution in [0.4, 0.5) is 0 Å². The van der Waals surface area contributed by atoms with Crippen molar-refractivity contribution in [1.82, 2.24) is 10.6 Å². The van der Waals surface area contributed by atoms with E-state index in [9.17, 15) is 4.79 Å². The van der Waals surface area contributed by atoms with E-state index >= 15 is 0 Å². The molecule has 0 saturated carbocycles. The smallest absolute Gasteiger partial charge is 0.287 e. The predicted molar refractivity (Wildman–Crippen MR) is 83.4 cm³/mol. The lowest BCUT2D eigenvalue weighted by Crippen LogP contribution is -2.48. The van der Waals surface area contributed by atoms with Crippen LogP contribution in [-0.2, 0) is 5.75 Å². The van der Waals surface area contributed by atoms with Crippen molar-refractivity contribution in [2.45, 2.75) is 10.6 Å². The van der Waals surface area contributed by atoms with Crippen molar-refractivity contribution < 1.29 is 9.21 Å². The molecule has 1 aromatic heterocycles. The molecule has 2 aromatic rings. The number of benzene rings is 1. The number of nitrogens with one attached hydrogen (secondary N) is 2. The molecule has 2 N–H and O–H groups in total. The Bertz CT molecular complexity index is 593. The topological polar surface area (TPSA) is 54.3 Å². The van der Waals surface area contributed by atoms with Crippen LogP contribution in [0.2, 0.25) is 0 Å². The molecule has 5 heteroatoms. The predicted octanol–water partition coefficient (Wildman–Crippen LogP) is 2.52. The van der Waals surface area contributed by atoms with Gasteiger partial charge in [-0.05, 0) is 18.2 Å². The largest absolute Gasteiger partial charge is 0.459 e. The average molecular weight is 302 g/mol. The molecule has 2 heterocycles. The molecule has 110 valence electrons. The highest BCUT2D eigenvalue weighted by Crippen LogP contribution is 2.24. The van der Waals surface area contributed by atoms with Gasteiger partial charge in [-0.3, -0.25) is 4.79 Å². The van der Waals surface area contributed by atoms with Gasteiger partial charge in [-0.15, -0.1) is 11.8 Å². The summed E-state index contributed by atoms with van der Waals surface area (Å²) in [5.74, 6) is 1.60. The Labute approximate surface area is 128 Å². The van der Waals surface area contributed by atoms with Gasteiger partial charge in [-0.1, -0.05) is 18.2 Å². The molecule has 21 heavy (non-hydrogen) atoms. The second-order valence-corrected chi connectivity index (χ2v) is 6.16. The van der Waals surface area contributed by atoms with Gasteiger partial charge < -0.3 is 15.1 Å². The van der Waals surface area contributed by atoms with E-state index in [0.717, 1.165) is 24.4 Å². The number of rotatable bonds is 6. The van der Waals surface area contributed by atoms with E-state index in [4.69, 9.17) is 4.42 Å². The summed E-state index contributed by atoms with van der Waals surface area (Å²) in [5, 5.41) is 6.14. The molecule has 0 atom stereocenters. The van der Waals surface area contributed by atoms with Crippen LogP contribution >= 0.6 is 11.8 Å². The van der Waals surface area contributed by atoms with Gasteiger partial charge in [0.05, 0.1) is 6.26 Å². The number of thioether (sulfide) groups is 1. The standard InChI is InChI=1S/C16H18N2O2S/c19-16(18-10-12-8-17-9-12)15-13(6-7-20-15)11-21-14-4-2-1-3-5-14/h1-7,12,17H,8-11H2,(H,18,19). The van der Waals surface area contributed by atoms with Crippen molar-refractivity contribution in [3.05, 3.63) is 54.0 Å². The summed E-state index contributed by atoms with van der Waals surface area (Å²) in [7, 11) is 0. The lowest BCUT2D eigenvalue weighted by molar-refractivity contribution is 0.0913. The quantitative estimate of drug-likeness (QED) is 0.805. The number of furan rings is 1. The van der Waals surface area contributed by atoms with Crippen molar-refractivity contribution in [2.24, 2.45) is 5.92 Å². The number of carbonyl (C=O) groups is 1. The minimum atomic E-state index is -0.115. The zero-order chi connectivity index (χ0) is 14.5. The molecular formula is C16H18N2O2S. The summed E-state index contributed by atoms with van der Waals surface area (Å²) < 4.78 is 5.36. The Hall–Kier alpha value is -1.72. The van der Waals surface area contributed by atoms with Crippen LogP contribution in [0.25, 0.3) is 0 Å². The lowest BCUT2D eigenvalue weighted by atomic mass is 10.0. The molecule has 3 rings (SSSR count). The fourth-order valence-corrected chi connectivity index (χ4v) is 3.04. The van der Waals surface area contributed by atoms with Gasteiger partial charge >= 0.3 is 0 Å². The Morgan fingerprint density at radius 2 is 2.10 bits per heavy atom. The van der Waals surface area contributed by atoms with Gasteiger partial charge in [0.15, 0.2) is 5.76 Å². The van der Waals surface area contributed by atoms with E-state index in [0.29, 0.717) is 18.2 Å². The first-order valence-electron chi connectivity index (χ1n) is 7.06. The van der Waals surface area contributed by atoms with Gasteiger partial charge in [-0.2, -0.15) is 0 Å². The third-order valence-electron chi connectivity index (χ3n) is 3.51. The lowest BCUT2D eigenvalue weighted by Gasteiger charge is -2.26. The maximum absolute atomic E-state index is 12.1. The number of hydrogen-bond donors (Lipinski definition) is 2. The molecule has 0 bridgehead atoms. The summed E-state index contributed by atoms with van der Waals surface area (Å²) in [6, 6.07) is 12.0. The van der Waals surface area contributed by atoms with Crippen molar-refractivity contribution >= 4 is 17.7 Å². The van der Waals surface area contributed by atoms with Gasteiger partial charge in [-0.25, -0.2) is 0 Å². The molecule has 1 fully saturated rings. The highest BCUT2D eigenvalue weighted by Gasteiger charge is 2.20. The number of hydrogen-bond acceptors (Lipinski definition) is 4. The zero-order valence-electron chi connectivity index (χ0n) is 11.7. The summed E-state index contributed by atoms with van der Waals surface area (Å²) in [5.41, 5.74) is 0.938. The number of amides is 1. The molecule has 1 saturated heterocycles. The molecule has 1 amide bonds. The zero-order valence-corrected chi connectivity index (χ0v) is 12.5. The maximum atomic E-state index is 12.1. The highest BCUT2D eigenvalue weighted by atomic mass is 32.2. The van der Waals surface area contributed by atoms with Crippen molar-refractivity contribution in [1.29, 1.82) is 0 Å². The second kappa shape index (κ2) is 6.83. The summed E-state index contributed by atoms with van der Waals surface area (Å²) in [6.45, 7) is 2.67. The molecule has 4 nitrogen and oxygen atoms in total. The van der Waals surface area contributed by atoms with Crippen LogP contribution < -0.4 is 10.6 Å². The van der Waals surface area contributed by atoms with E-state index in [-0.39, 0.29) is 5.91 Å². The molecule has 1 aliphatic heterocycles. The second-order valence-electron chi connectivity index (χ2n) is 5.11. The van der Waals surface area contributed by atoms with E-state index in [2.05, 4.69) is 22.8 Å². The monoisotopic (exact) mass is 302 g/mol. The van der Waals surface area contributed by atoms with Crippen LogP contribution in [0, 0.1) is 5.92 Å². The first-order chi connectivity index (χ1) is 10.3. The Kier molecular flexibility index (Phi) is 4.62. The average Bonchev–Trinajstić information content (AvgIpc) is 2.93. The molecule has 0 unspecified atom stereocenters. The summed E-state index contributed by atoms with van der Waals surface area (Å²) in [4.78, 5) is 13.3. The molecule has 0 spiro atoms. The third kappa shape index (κ3) is 3.68. The van der Waals surface area contributed by atoms with Crippen molar-refractivity contribution in [3.63, 3.8) is 0 Å². The molecular weight excluding hydrogens is 284 g/mol. The highest BCUT2D eigenvalue weighted by molar-refractivity contribution is 7.98. The van der Waals surface area contributed by atoms with Crippen LogP contribution in [0.1, 0.15) is 16.1 Å². The third-order valence-corrected chi connectivity index (χ3v) is 4.57. The maximum Gasteiger partial charge on any atom is 0.287 e. The van der Waals surface area contributed by atoms with Crippen LogP contribution in [0.5, 0.6) is 0 Å².